The van der Waals surface area contributed by atoms with Crippen LogP contribution in [-0.4, -0.2) is 22.1 Å². The van der Waals surface area contributed by atoms with Crippen LogP contribution < -0.4 is 4.74 Å². The molecular weight excluding hydrogens is 488 g/mol. The average Bonchev–Trinajstić information content (AvgIpc) is 3.55. The first-order chi connectivity index (χ1) is 19.8. The lowest BCUT2D eigenvalue weighted by Crippen LogP contribution is -2.23. The first kappa shape index (κ1) is 20.2. The van der Waals surface area contributed by atoms with Crippen molar-refractivity contribution < 1.29 is 21.7 Å². The van der Waals surface area contributed by atoms with Crippen molar-refractivity contribution in [3.8, 4) is 17.4 Å². The van der Waals surface area contributed by atoms with Crippen molar-refractivity contribution in [3.63, 3.8) is 0 Å². The zero-order valence-electron chi connectivity index (χ0n) is 23.0. The van der Waals surface area contributed by atoms with Crippen molar-refractivity contribution in [3.05, 3.63) is 107 Å². The Morgan fingerprint density at radius 1 is 0.974 bits per heavy atom. The molecule has 0 amide bonds. The van der Waals surface area contributed by atoms with E-state index in [1.807, 2.05) is 79.7 Å². The SMILES string of the molecule is [2H]C1([2H])CC2OC(c3cc(Oc4ccc5cc(C)cc(O)c5n4)c4c(c3)oc3ccccc34)=N[C@H]2c2ccccc21. The number of para-hydroxylation sites is 1. The predicted molar refractivity (Wildman–Crippen MR) is 151 cm³/mol. The fraction of sp³-hybridized carbons (Fsp3) is 0.152. The fourth-order valence-electron chi connectivity index (χ4n) is 5.67. The van der Waals surface area contributed by atoms with Crippen molar-refractivity contribution in [1.82, 2.24) is 4.98 Å². The highest BCUT2D eigenvalue weighted by Gasteiger charge is 2.37. The number of fused-ring (bicyclic) bond motifs is 7. The summed E-state index contributed by atoms with van der Waals surface area (Å²) >= 11 is 0. The van der Waals surface area contributed by atoms with Crippen molar-refractivity contribution in [2.75, 3.05) is 0 Å². The summed E-state index contributed by atoms with van der Waals surface area (Å²) in [5.74, 6) is 1.34. The standard InChI is InChI=1S/C33H24N2O4/c1-18-14-20-11-13-29(34-31(20)24(36)15-18)38-28-17-21(16-27-30(28)23-8-4-5-9-25(23)37-27)33-35-32-22-7-3-2-6-19(22)10-12-26(32)39-33/h2-9,11,13-17,26,32,36H,10,12H2,1H3/t26?,32-/m0/s1/i10D2. The quantitative estimate of drug-likeness (QED) is 0.261. The number of phenolic OH excluding ortho intramolecular Hbond substituents is 1. The lowest BCUT2D eigenvalue weighted by Gasteiger charge is -2.25. The smallest absolute Gasteiger partial charge is 0.219 e. The summed E-state index contributed by atoms with van der Waals surface area (Å²) in [7, 11) is 0. The van der Waals surface area contributed by atoms with E-state index in [9.17, 15) is 5.11 Å². The number of hydrogen-bond donors (Lipinski definition) is 1. The van der Waals surface area contributed by atoms with Gasteiger partial charge in [-0.25, -0.2) is 9.98 Å². The number of aromatic hydroxyl groups is 1. The minimum Gasteiger partial charge on any atom is -0.506 e. The number of aryl methyl sites for hydroxylation is 2. The van der Waals surface area contributed by atoms with E-state index < -0.39 is 12.5 Å². The number of rotatable bonds is 3. The number of ether oxygens (including phenoxy) is 2. The van der Waals surface area contributed by atoms with E-state index in [1.54, 1.807) is 12.1 Å². The van der Waals surface area contributed by atoms with Gasteiger partial charge in [-0.05, 0) is 72.8 Å². The number of nitrogens with zero attached hydrogens (tertiary/aromatic N) is 2. The van der Waals surface area contributed by atoms with Gasteiger partial charge >= 0.3 is 0 Å². The van der Waals surface area contributed by atoms with Gasteiger partial charge in [0.2, 0.25) is 11.8 Å². The molecule has 190 valence electrons. The molecule has 1 N–H and O–H groups in total. The summed E-state index contributed by atoms with van der Waals surface area (Å²) in [6.45, 7) is 1.92. The molecule has 0 saturated heterocycles. The Balaban J connectivity index is 1.26. The Kier molecular flexibility index (Phi) is 4.31. The Labute approximate surface area is 227 Å². The van der Waals surface area contributed by atoms with Crippen LogP contribution >= 0.6 is 0 Å². The van der Waals surface area contributed by atoms with Gasteiger partial charge in [0.15, 0.2) is 0 Å². The van der Waals surface area contributed by atoms with Crippen molar-refractivity contribution in [1.29, 1.82) is 0 Å². The number of aliphatic imine (C=N–C) groups is 1. The van der Waals surface area contributed by atoms with Crippen LogP contribution in [0.2, 0.25) is 0 Å². The molecule has 0 saturated carbocycles. The van der Waals surface area contributed by atoms with Crippen LogP contribution in [0.3, 0.4) is 0 Å². The summed E-state index contributed by atoms with van der Waals surface area (Å²) in [6.07, 6.45) is -1.72. The van der Waals surface area contributed by atoms with Gasteiger partial charge in [-0.3, -0.25) is 0 Å². The Morgan fingerprint density at radius 2 is 1.85 bits per heavy atom. The molecule has 2 aliphatic rings. The molecule has 0 radical (unpaired) electrons. The number of furan rings is 1. The van der Waals surface area contributed by atoms with Gasteiger partial charge in [0.25, 0.3) is 0 Å². The van der Waals surface area contributed by atoms with E-state index in [1.165, 1.54) is 0 Å². The number of phenols is 1. The second-order valence-electron chi connectivity index (χ2n) is 10.1. The highest BCUT2D eigenvalue weighted by atomic mass is 16.5. The van der Waals surface area contributed by atoms with Crippen LogP contribution in [0, 0.1) is 6.92 Å². The maximum absolute atomic E-state index is 10.5. The van der Waals surface area contributed by atoms with Crippen molar-refractivity contribution in [2.45, 2.75) is 31.9 Å². The van der Waals surface area contributed by atoms with Crippen LogP contribution in [0.5, 0.6) is 17.4 Å². The minimum atomic E-state index is -1.51. The van der Waals surface area contributed by atoms with Crippen LogP contribution in [0.25, 0.3) is 32.8 Å². The zero-order valence-corrected chi connectivity index (χ0v) is 21.0. The van der Waals surface area contributed by atoms with Gasteiger partial charge in [0.05, 0.1) is 5.39 Å². The molecule has 1 aliphatic carbocycles. The predicted octanol–water partition coefficient (Wildman–Crippen LogP) is 7.77. The van der Waals surface area contributed by atoms with Gasteiger partial charge in [0.1, 0.15) is 40.3 Å². The zero-order chi connectivity index (χ0) is 27.9. The normalized spacial score (nSPS) is 20.2. The first-order valence-electron chi connectivity index (χ1n) is 13.9. The molecule has 6 nitrogen and oxygen atoms in total. The summed E-state index contributed by atoms with van der Waals surface area (Å²) in [6, 6.07) is 26.0. The lowest BCUT2D eigenvalue weighted by molar-refractivity contribution is 0.174. The molecule has 2 aromatic heterocycles. The van der Waals surface area contributed by atoms with Crippen LogP contribution in [-0.2, 0) is 11.1 Å². The molecule has 6 heteroatoms. The molecule has 6 aromatic rings. The Morgan fingerprint density at radius 3 is 2.79 bits per heavy atom. The largest absolute Gasteiger partial charge is 0.506 e. The second kappa shape index (κ2) is 8.33. The van der Waals surface area contributed by atoms with Gasteiger partial charge in [-0.1, -0.05) is 42.5 Å². The van der Waals surface area contributed by atoms with Gasteiger partial charge < -0.3 is 19.0 Å². The summed E-state index contributed by atoms with van der Waals surface area (Å²) < 4.78 is 36.2. The molecule has 1 unspecified atom stereocenters. The minimum absolute atomic E-state index is 0.0922. The number of aromatic nitrogens is 1. The van der Waals surface area contributed by atoms with E-state index in [-0.39, 0.29) is 18.2 Å². The summed E-state index contributed by atoms with van der Waals surface area (Å²) in [5, 5.41) is 13.0. The van der Waals surface area contributed by atoms with E-state index >= 15 is 0 Å². The third kappa shape index (κ3) is 3.56. The maximum Gasteiger partial charge on any atom is 0.219 e. The highest BCUT2D eigenvalue weighted by Crippen LogP contribution is 2.42. The number of hydrogen-bond acceptors (Lipinski definition) is 6. The number of pyridine rings is 1. The Bertz CT molecular complexity index is 2070. The molecule has 4 aromatic carbocycles. The highest BCUT2D eigenvalue weighted by molar-refractivity contribution is 6.11. The summed E-state index contributed by atoms with van der Waals surface area (Å²) in [4.78, 5) is 9.54. The maximum atomic E-state index is 10.5. The van der Waals surface area contributed by atoms with Crippen LogP contribution in [0.15, 0.2) is 94.3 Å². The third-order valence-corrected chi connectivity index (χ3v) is 7.44. The van der Waals surface area contributed by atoms with Gasteiger partial charge in [-0.2, -0.15) is 0 Å². The molecule has 0 bridgehead atoms. The van der Waals surface area contributed by atoms with E-state index in [4.69, 9.17) is 21.6 Å². The average molecular weight is 515 g/mol. The van der Waals surface area contributed by atoms with Gasteiger partial charge in [0, 0.05) is 25.1 Å². The van der Waals surface area contributed by atoms with E-state index in [0.29, 0.717) is 45.3 Å². The molecule has 3 heterocycles. The van der Waals surface area contributed by atoms with Crippen LogP contribution in [0.1, 0.15) is 37.5 Å². The van der Waals surface area contributed by atoms with Crippen LogP contribution in [0.4, 0.5) is 0 Å². The van der Waals surface area contributed by atoms with Gasteiger partial charge in [-0.15, -0.1) is 0 Å². The molecule has 0 spiro atoms. The summed E-state index contributed by atoms with van der Waals surface area (Å²) in [5.41, 5.74) is 4.89. The Hall–Kier alpha value is -4.84. The topological polar surface area (TPSA) is 77.1 Å². The van der Waals surface area contributed by atoms with E-state index in [0.717, 1.165) is 27.3 Å². The molecule has 0 fully saturated rings. The van der Waals surface area contributed by atoms with E-state index in [2.05, 4.69) is 4.98 Å². The molecular formula is C33H24N2O4. The molecule has 8 rings (SSSR count). The fourth-order valence-corrected chi connectivity index (χ4v) is 5.67. The first-order valence-corrected chi connectivity index (χ1v) is 12.9. The second-order valence-corrected chi connectivity index (χ2v) is 10.1. The van der Waals surface area contributed by atoms with Crippen molar-refractivity contribution in [2.24, 2.45) is 4.99 Å². The number of benzene rings is 4. The molecule has 39 heavy (non-hydrogen) atoms. The van der Waals surface area contributed by atoms with Crippen molar-refractivity contribution >= 4 is 38.7 Å². The monoisotopic (exact) mass is 514 g/mol. The molecule has 1 aliphatic heterocycles. The third-order valence-electron chi connectivity index (χ3n) is 7.44. The lowest BCUT2D eigenvalue weighted by atomic mass is 9.86. The molecule has 2 atom stereocenters.